The van der Waals surface area contributed by atoms with Gasteiger partial charge in [0.25, 0.3) is 5.91 Å². The first-order valence-corrected chi connectivity index (χ1v) is 8.54. The lowest BCUT2D eigenvalue weighted by Crippen LogP contribution is -2.32. The Morgan fingerprint density at radius 3 is 3.12 bits per heavy atom. The van der Waals surface area contributed by atoms with E-state index >= 15 is 0 Å². The molecule has 1 aliphatic heterocycles. The van der Waals surface area contributed by atoms with Gasteiger partial charge in [0.15, 0.2) is 0 Å². The number of fused-ring (bicyclic) bond motifs is 1. The van der Waals surface area contributed by atoms with E-state index in [1.807, 2.05) is 37.3 Å². The number of hydrogen-bond acceptors (Lipinski definition) is 4. The third-order valence-corrected chi connectivity index (χ3v) is 4.51. The molecule has 5 nitrogen and oxygen atoms in total. The number of para-hydroxylation sites is 1. The number of pyridine rings is 1. The Labute approximate surface area is 151 Å². The van der Waals surface area contributed by atoms with Crippen molar-refractivity contribution >= 4 is 34.5 Å². The van der Waals surface area contributed by atoms with Gasteiger partial charge in [0.05, 0.1) is 11.6 Å². The molecular formula is C19H18ClN3O2. The summed E-state index contributed by atoms with van der Waals surface area (Å²) in [6.45, 7) is 3.08. The number of aromatic nitrogens is 1. The normalized spacial score (nSPS) is 17.5. The van der Waals surface area contributed by atoms with Crippen molar-refractivity contribution < 1.29 is 9.53 Å². The zero-order chi connectivity index (χ0) is 17.8. The van der Waals surface area contributed by atoms with Crippen LogP contribution in [0, 0.1) is 18.3 Å². The predicted molar refractivity (Wildman–Crippen MR) is 97.1 cm³/mol. The molecule has 2 aromatic rings. The van der Waals surface area contributed by atoms with E-state index < -0.39 is 5.91 Å². The number of hydrogen-bond donors (Lipinski definition) is 1. The minimum Gasteiger partial charge on any atom is -0.376 e. The quantitative estimate of drug-likeness (QED) is 0.518. The number of nitriles is 1. The summed E-state index contributed by atoms with van der Waals surface area (Å²) in [5.74, 6) is -0.432. The molecule has 0 saturated carbocycles. The van der Waals surface area contributed by atoms with Crippen LogP contribution >= 0.6 is 11.6 Å². The molecule has 1 fully saturated rings. The van der Waals surface area contributed by atoms with Gasteiger partial charge in [0, 0.05) is 24.1 Å². The van der Waals surface area contributed by atoms with Gasteiger partial charge >= 0.3 is 0 Å². The van der Waals surface area contributed by atoms with Gasteiger partial charge in [-0.1, -0.05) is 29.8 Å². The number of nitrogens with zero attached hydrogens (tertiary/aromatic N) is 2. The second kappa shape index (κ2) is 7.64. The van der Waals surface area contributed by atoms with Crippen LogP contribution in [0.3, 0.4) is 0 Å². The highest BCUT2D eigenvalue weighted by Gasteiger charge is 2.18. The Balaban J connectivity index is 1.83. The molecule has 3 rings (SSSR count). The topological polar surface area (TPSA) is 75.0 Å². The summed E-state index contributed by atoms with van der Waals surface area (Å²) in [5, 5.41) is 13.2. The lowest BCUT2D eigenvalue weighted by atomic mass is 10.1. The predicted octanol–water partition coefficient (Wildman–Crippen LogP) is 3.40. The molecular weight excluding hydrogens is 338 g/mol. The van der Waals surface area contributed by atoms with Gasteiger partial charge in [0.1, 0.15) is 16.8 Å². The molecule has 1 N–H and O–H groups in total. The number of benzene rings is 1. The highest BCUT2D eigenvalue weighted by Crippen LogP contribution is 2.24. The first kappa shape index (κ1) is 17.4. The van der Waals surface area contributed by atoms with E-state index in [0.717, 1.165) is 35.9 Å². The van der Waals surface area contributed by atoms with Crippen LogP contribution in [-0.4, -0.2) is 30.1 Å². The van der Waals surface area contributed by atoms with Gasteiger partial charge in [-0.25, -0.2) is 4.98 Å². The van der Waals surface area contributed by atoms with Crippen LogP contribution in [0.15, 0.2) is 29.8 Å². The molecule has 25 heavy (non-hydrogen) atoms. The third kappa shape index (κ3) is 3.98. The standard InChI is InChI=1S/C19H18ClN3O2/c1-12-4-2-5-13-8-14(18(20)23-17(12)13)9-15(10-21)19(24)22-11-16-6-3-7-25-16/h2,4-5,8-9,16H,3,6-7,11H2,1H3,(H,22,24)/b15-9+/t16-/m1/s1. The highest BCUT2D eigenvalue weighted by molar-refractivity contribution is 6.31. The summed E-state index contributed by atoms with van der Waals surface area (Å²) in [6.07, 6.45) is 3.42. The Morgan fingerprint density at radius 1 is 1.56 bits per heavy atom. The molecule has 1 aromatic carbocycles. The van der Waals surface area contributed by atoms with Gasteiger partial charge in [-0.15, -0.1) is 0 Å². The first-order valence-electron chi connectivity index (χ1n) is 8.16. The van der Waals surface area contributed by atoms with Crippen LogP contribution < -0.4 is 5.32 Å². The smallest absolute Gasteiger partial charge is 0.262 e. The molecule has 1 atom stereocenters. The number of carbonyl (C=O) groups excluding carboxylic acids is 1. The number of rotatable bonds is 4. The number of ether oxygens (including phenoxy) is 1. The fourth-order valence-corrected chi connectivity index (χ4v) is 3.05. The average Bonchev–Trinajstić information content (AvgIpc) is 3.12. The summed E-state index contributed by atoms with van der Waals surface area (Å²) in [5.41, 5.74) is 2.37. The fourth-order valence-electron chi connectivity index (χ4n) is 2.85. The van der Waals surface area contributed by atoms with Gasteiger partial charge < -0.3 is 10.1 Å². The molecule has 2 heterocycles. The Bertz CT molecular complexity index is 880. The zero-order valence-corrected chi connectivity index (χ0v) is 14.6. The number of aryl methyl sites for hydroxylation is 1. The summed E-state index contributed by atoms with van der Waals surface area (Å²) in [7, 11) is 0. The van der Waals surface area contributed by atoms with Crippen molar-refractivity contribution in [2.75, 3.05) is 13.2 Å². The molecule has 0 aliphatic carbocycles. The van der Waals surface area contributed by atoms with Gasteiger partial charge in [-0.2, -0.15) is 5.26 Å². The molecule has 6 heteroatoms. The minimum absolute atomic E-state index is 0.00583. The lowest BCUT2D eigenvalue weighted by Gasteiger charge is -2.10. The molecule has 0 bridgehead atoms. The van der Waals surface area contributed by atoms with Crippen LogP contribution in [0.5, 0.6) is 0 Å². The summed E-state index contributed by atoms with van der Waals surface area (Å²) in [4.78, 5) is 16.6. The summed E-state index contributed by atoms with van der Waals surface area (Å²) < 4.78 is 5.47. The van der Waals surface area contributed by atoms with Gasteiger partial charge in [-0.05, 0) is 37.5 Å². The van der Waals surface area contributed by atoms with E-state index in [4.69, 9.17) is 16.3 Å². The molecule has 1 amide bonds. The molecule has 0 unspecified atom stereocenters. The van der Waals surface area contributed by atoms with Gasteiger partial charge in [0.2, 0.25) is 0 Å². The van der Waals surface area contributed by atoms with Crippen LogP contribution in [0.4, 0.5) is 0 Å². The zero-order valence-electron chi connectivity index (χ0n) is 13.9. The number of nitrogens with one attached hydrogen (secondary N) is 1. The number of carbonyl (C=O) groups is 1. The van der Waals surface area contributed by atoms with E-state index in [-0.39, 0.29) is 16.8 Å². The van der Waals surface area contributed by atoms with Crippen molar-refractivity contribution in [3.05, 3.63) is 46.1 Å². The monoisotopic (exact) mass is 355 g/mol. The highest BCUT2D eigenvalue weighted by atomic mass is 35.5. The third-order valence-electron chi connectivity index (χ3n) is 4.21. The van der Waals surface area contributed by atoms with Crippen molar-refractivity contribution in [3.8, 4) is 6.07 Å². The van der Waals surface area contributed by atoms with Gasteiger partial charge in [-0.3, -0.25) is 4.79 Å². The Hall–Kier alpha value is -2.42. The summed E-state index contributed by atoms with van der Waals surface area (Å²) in [6, 6.07) is 9.58. The van der Waals surface area contributed by atoms with Crippen LogP contribution in [-0.2, 0) is 9.53 Å². The lowest BCUT2D eigenvalue weighted by molar-refractivity contribution is -0.117. The van der Waals surface area contributed by atoms with E-state index in [1.165, 1.54) is 6.08 Å². The van der Waals surface area contributed by atoms with E-state index in [9.17, 15) is 10.1 Å². The molecule has 128 valence electrons. The maximum atomic E-state index is 12.2. The molecule has 0 radical (unpaired) electrons. The maximum absolute atomic E-state index is 12.2. The fraction of sp³-hybridized carbons (Fsp3) is 0.316. The Kier molecular flexibility index (Phi) is 5.32. The maximum Gasteiger partial charge on any atom is 0.262 e. The van der Waals surface area contributed by atoms with Crippen molar-refractivity contribution in [1.82, 2.24) is 10.3 Å². The van der Waals surface area contributed by atoms with Crippen LogP contribution in [0.2, 0.25) is 5.15 Å². The molecule has 1 saturated heterocycles. The molecule has 1 aliphatic rings. The van der Waals surface area contributed by atoms with Crippen LogP contribution in [0.25, 0.3) is 17.0 Å². The Morgan fingerprint density at radius 2 is 2.40 bits per heavy atom. The van der Waals surface area contributed by atoms with Crippen molar-refractivity contribution in [2.45, 2.75) is 25.9 Å². The minimum atomic E-state index is -0.432. The van der Waals surface area contributed by atoms with Crippen molar-refractivity contribution in [2.24, 2.45) is 0 Å². The molecule has 1 aromatic heterocycles. The molecule has 0 spiro atoms. The summed E-state index contributed by atoms with van der Waals surface area (Å²) >= 11 is 6.24. The average molecular weight is 356 g/mol. The SMILES string of the molecule is Cc1cccc2cc(/C=C(\C#N)C(=O)NC[C@H]3CCCO3)c(Cl)nc12. The van der Waals surface area contributed by atoms with Crippen molar-refractivity contribution in [3.63, 3.8) is 0 Å². The second-order valence-electron chi connectivity index (χ2n) is 6.03. The number of halogens is 1. The number of amides is 1. The van der Waals surface area contributed by atoms with Crippen molar-refractivity contribution in [1.29, 1.82) is 5.26 Å². The first-order chi connectivity index (χ1) is 12.1. The second-order valence-corrected chi connectivity index (χ2v) is 6.39. The van der Waals surface area contributed by atoms with E-state index in [2.05, 4.69) is 10.3 Å². The van der Waals surface area contributed by atoms with E-state index in [1.54, 1.807) is 0 Å². The van der Waals surface area contributed by atoms with Crippen LogP contribution in [0.1, 0.15) is 24.0 Å². The van der Waals surface area contributed by atoms with E-state index in [0.29, 0.717) is 12.1 Å². The largest absolute Gasteiger partial charge is 0.376 e.